The molecule has 0 fully saturated rings. The van der Waals surface area contributed by atoms with Gasteiger partial charge in [0.15, 0.2) is 0 Å². The van der Waals surface area contributed by atoms with Crippen molar-refractivity contribution in [2.75, 3.05) is 4.72 Å². The lowest BCUT2D eigenvalue weighted by atomic mass is 9.95. The Morgan fingerprint density at radius 1 is 1.17 bits per heavy atom. The van der Waals surface area contributed by atoms with Crippen LogP contribution in [0.2, 0.25) is 0 Å². The fourth-order valence-electron chi connectivity index (χ4n) is 2.96. The van der Waals surface area contributed by atoms with E-state index in [9.17, 15) is 13.2 Å². The molecule has 1 aromatic carbocycles. The van der Waals surface area contributed by atoms with Crippen molar-refractivity contribution in [2.24, 2.45) is 5.73 Å². The number of anilines is 1. The fraction of sp³-hybridized carbons (Fsp3) is 0.353. The molecule has 128 valence electrons. The number of carbonyl (C=O) groups is 1. The van der Waals surface area contributed by atoms with Crippen LogP contribution >= 0.6 is 11.3 Å². The maximum absolute atomic E-state index is 12.7. The molecule has 0 saturated heterocycles. The van der Waals surface area contributed by atoms with Crippen molar-refractivity contribution < 1.29 is 13.2 Å². The lowest BCUT2D eigenvalue weighted by Crippen LogP contribution is -2.19. The van der Waals surface area contributed by atoms with Crippen LogP contribution < -0.4 is 10.5 Å². The van der Waals surface area contributed by atoms with Crippen LogP contribution in [0.4, 0.5) is 5.00 Å². The summed E-state index contributed by atoms with van der Waals surface area (Å²) in [5.74, 6) is -0.577. The second kappa shape index (κ2) is 6.22. The Balaban J connectivity index is 2.02. The van der Waals surface area contributed by atoms with Crippen LogP contribution in [0.3, 0.4) is 0 Å². The molecular formula is C17H20N2O3S2. The molecule has 0 unspecified atom stereocenters. The third kappa shape index (κ3) is 3.06. The van der Waals surface area contributed by atoms with Crippen molar-refractivity contribution in [1.29, 1.82) is 0 Å². The van der Waals surface area contributed by atoms with Gasteiger partial charge in [0.2, 0.25) is 0 Å². The van der Waals surface area contributed by atoms with Crippen molar-refractivity contribution in [3.05, 3.63) is 45.3 Å². The molecule has 1 aliphatic carbocycles. The number of primary amides is 1. The van der Waals surface area contributed by atoms with Gasteiger partial charge >= 0.3 is 0 Å². The van der Waals surface area contributed by atoms with Gasteiger partial charge in [-0.15, -0.1) is 11.3 Å². The van der Waals surface area contributed by atoms with Crippen molar-refractivity contribution in [3.8, 4) is 0 Å². The summed E-state index contributed by atoms with van der Waals surface area (Å²) in [6.45, 7) is 3.80. The van der Waals surface area contributed by atoms with E-state index in [1.165, 1.54) is 11.3 Å². The summed E-state index contributed by atoms with van der Waals surface area (Å²) in [6, 6.07) is 4.98. The third-order valence-corrected chi connectivity index (χ3v) is 7.12. The van der Waals surface area contributed by atoms with Gasteiger partial charge in [-0.3, -0.25) is 9.52 Å². The van der Waals surface area contributed by atoms with Crippen LogP contribution in [0.25, 0.3) is 0 Å². The normalized spacial score (nSPS) is 14.2. The van der Waals surface area contributed by atoms with Gasteiger partial charge in [0.05, 0.1) is 10.5 Å². The van der Waals surface area contributed by atoms with Crippen molar-refractivity contribution >= 4 is 32.3 Å². The summed E-state index contributed by atoms with van der Waals surface area (Å²) in [4.78, 5) is 13.1. The molecule has 1 aromatic heterocycles. The zero-order valence-corrected chi connectivity index (χ0v) is 15.3. The highest BCUT2D eigenvalue weighted by Gasteiger charge is 2.27. The van der Waals surface area contributed by atoms with Crippen LogP contribution in [-0.2, 0) is 22.9 Å². The molecule has 3 rings (SSSR count). The van der Waals surface area contributed by atoms with Gasteiger partial charge in [-0.2, -0.15) is 0 Å². The molecule has 0 atom stereocenters. The van der Waals surface area contributed by atoms with Gasteiger partial charge in [0.1, 0.15) is 5.00 Å². The summed E-state index contributed by atoms with van der Waals surface area (Å²) < 4.78 is 28.0. The van der Waals surface area contributed by atoms with Gasteiger partial charge in [0, 0.05) is 4.88 Å². The quantitative estimate of drug-likeness (QED) is 0.873. The first-order valence-electron chi connectivity index (χ1n) is 7.84. The van der Waals surface area contributed by atoms with E-state index >= 15 is 0 Å². The third-order valence-electron chi connectivity index (χ3n) is 4.43. The molecule has 0 radical (unpaired) electrons. The largest absolute Gasteiger partial charge is 0.365 e. The van der Waals surface area contributed by atoms with E-state index in [1.54, 1.807) is 18.2 Å². The Morgan fingerprint density at radius 2 is 1.88 bits per heavy atom. The molecule has 0 bridgehead atoms. The minimum atomic E-state index is -3.76. The van der Waals surface area contributed by atoms with Crippen LogP contribution in [0.5, 0.6) is 0 Å². The Labute approximate surface area is 145 Å². The molecule has 3 N–H and O–H groups in total. The zero-order chi connectivity index (χ0) is 17.5. The Bertz CT molecular complexity index is 914. The van der Waals surface area contributed by atoms with Gasteiger partial charge in [-0.1, -0.05) is 6.07 Å². The number of amides is 1. The van der Waals surface area contributed by atoms with Crippen LogP contribution in [-0.4, -0.2) is 14.3 Å². The highest BCUT2D eigenvalue weighted by molar-refractivity contribution is 7.93. The monoisotopic (exact) mass is 364 g/mol. The molecule has 1 heterocycles. The highest BCUT2D eigenvalue weighted by atomic mass is 32.2. The van der Waals surface area contributed by atoms with E-state index in [-0.39, 0.29) is 4.90 Å². The average molecular weight is 364 g/mol. The predicted octanol–water partition coefficient (Wildman–Crippen LogP) is 3.14. The molecule has 5 nitrogen and oxygen atoms in total. The number of aryl methyl sites for hydroxylation is 3. The van der Waals surface area contributed by atoms with Crippen LogP contribution in [0.15, 0.2) is 23.1 Å². The number of rotatable bonds is 4. The van der Waals surface area contributed by atoms with E-state index in [0.717, 1.165) is 47.3 Å². The standard InChI is InChI=1S/C17H20N2O3S2/c1-10-7-8-12(9-11(10)2)24(21,22)19-17-15(16(18)20)13-5-3-4-6-14(13)23-17/h7-9,19H,3-6H2,1-2H3,(H2,18,20). The first kappa shape index (κ1) is 17.0. The molecular weight excluding hydrogens is 344 g/mol. The molecule has 2 aromatic rings. The summed E-state index contributed by atoms with van der Waals surface area (Å²) in [5.41, 5.74) is 8.69. The second-order valence-electron chi connectivity index (χ2n) is 6.13. The van der Waals surface area contributed by atoms with Crippen molar-refractivity contribution in [1.82, 2.24) is 0 Å². The topological polar surface area (TPSA) is 89.3 Å². The van der Waals surface area contributed by atoms with E-state index in [2.05, 4.69) is 4.72 Å². The zero-order valence-electron chi connectivity index (χ0n) is 13.7. The van der Waals surface area contributed by atoms with Crippen LogP contribution in [0.1, 0.15) is 44.8 Å². The number of hydrogen-bond donors (Lipinski definition) is 2. The molecule has 1 amide bonds. The minimum Gasteiger partial charge on any atom is -0.365 e. The lowest BCUT2D eigenvalue weighted by Gasteiger charge is -2.11. The number of hydrogen-bond acceptors (Lipinski definition) is 4. The maximum Gasteiger partial charge on any atom is 0.262 e. The summed E-state index contributed by atoms with van der Waals surface area (Å²) in [6.07, 6.45) is 3.68. The molecule has 1 aliphatic rings. The fourth-order valence-corrected chi connectivity index (χ4v) is 5.65. The first-order chi connectivity index (χ1) is 11.3. The lowest BCUT2D eigenvalue weighted by molar-refractivity contribution is 0.100. The Hall–Kier alpha value is -1.86. The number of sulfonamides is 1. The average Bonchev–Trinajstić information content (AvgIpc) is 2.86. The minimum absolute atomic E-state index is 0.187. The maximum atomic E-state index is 12.7. The predicted molar refractivity (Wildman–Crippen MR) is 96.2 cm³/mol. The summed E-state index contributed by atoms with van der Waals surface area (Å²) in [5, 5.41) is 0.340. The second-order valence-corrected chi connectivity index (χ2v) is 8.92. The van der Waals surface area contributed by atoms with Crippen LogP contribution in [0, 0.1) is 13.8 Å². The van der Waals surface area contributed by atoms with E-state index in [0.29, 0.717) is 10.6 Å². The molecule has 7 heteroatoms. The van der Waals surface area contributed by atoms with Crippen molar-refractivity contribution in [2.45, 2.75) is 44.4 Å². The summed E-state index contributed by atoms with van der Waals surface area (Å²) >= 11 is 1.33. The summed E-state index contributed by atoms with van der Waals surface area (Å²) in [7, 11) is -3.76. The number of nitrogens with two attached hydrogens (primary N) is 1. The molecule has 0 aliphatic heterocycles. The number of fused-ring (bicyclic) bond motifs is 1. The molecule has 0 spiro atoms. The molecule has 24 heavy (non-hydrogen) atoms. The van der Waals surface area contributed by atoms with E-state index < -0.39 is 15.9 Å². The number of thiophene rings is 1. The van der Waals surface area contributed by atoms with Gasteiger partial charge in [-0.25, -0.2) is 8.42 Å². The smallest absolute Gasteiger partial charge is 0.262 e. The molecule has 0 saturated carbocycles. The number of carbonyl (C=O) groups excluding carboxylic acids is 1. The Morgan fingerprint density at radius 3 is 2.54 bits per heavy atom. The first-order valence-corrected chi connectivity index (χ1v) is 10.1. The number of nitrogens with one attached hydrogen (secondary N) is 1. The van der Waals surface area contributed by atoms with Gasteiger partial charge < -0.3 is 5.73 Å². The van der Waals surface area contributed by atoms with E-state index in [4.69, 9.17) is 5.73 Å². The Kier molecular flexibility index (Phi) is 4.40. The van der Waals surface area contributed by atoms with Gasteiger partial charge in [0.25, 0.3) is 15.9 Å². The number of benzene rings is 1. The highest BCUT2D eigenvalue weighted by Crippen LogP contribution is 2.38. The van der Waals surface area contributed by atoms with Gasteiger partial charge in [-0.05, 0) is 68.4 Å². The SMILES string of the molecule is Cc1ccc(S(=O)(=O)Nc2sc3c(c2C(N)=O)CCCC3)cc1C. The van der Waals surface area contributed by atoms with Crippen molar-refractivity contribution in [3.63, 3.8) is 0 Å². The van der Waals surface area contributed by atoms with E-state index in [1.807, 2.05) is 13.8 Å².